The molecule has 0 radical (unpaired) electrons. The van der Waals surface area contributed by atoms with Crippen LogP contribution in [0.1, 0.15) is 31.2 Å². The highest BCUT2D eigenvalue weighted by molar-refractivity contribution is 9.10. The maximum absolute atomic E-state index is 12.7. The number of anilines is 1. The van der Waals surface area contributed by atoms with Gasteiger partial charge in [-0.05, 0) is 46.5 Å². The van der Waals surface area contributed by atoms with Crippen LogP contribution >= 0.6 is 15.9 Å². The van der Waals surface area contributed by atoms with E-state index in [2.05, 4.69) is 21.0 Å². The number of amides is 2. The smallest absolute Gasteiger partial charge is 0.237 e. The van der Waals surface area contributed by atoms with Crippen LogP contribution in [0.2, 0.25) is 0 Å². The molecule has 6 heteroatoms. The number of halogens is 1. The van der Waals surface area contributed by atoms with Crippen molar-refractivity contribution in [3.63, 3.8) is 0 Å². The lowest BCUT2D eigenvalue weighted by molar-refractivity contribution is -0.122. The zero-order valence-electron chi connectivity index (χ0n) is 13.2. The van der Waals surface area contributed by atoms with Crippen molar-refractivity contribution in [2.45, 2.75) is 32.2 Å². The predicted molar refractivity (Wildman–Crippen MR) is 93.4 cm³/mol. The molecule has 2 aliphatic rings. The lowest BCUT2D eigenvalue weighted by Crippen LogP contribution is -2.30. The summed E-state index contributed by atoms with van der Waals surface area (Å²) in [6.07, 6.45) is 7.40. The van der Waals surface area contributed by atoms with Gasteiger partial charge >= 0.3 is 0 Å². The Balaban J connectivity index is 1.61. The van der Waals surface area contributed by atoms with Crippen molar-refractivity contribution in [2.75, 3.05) is 4.90 Å². The quantitative estimate of drug-likeness (QED) is 0.758. The molecule has 1 aliphatic heterocycles. The molecule has 2 amide bonds. The lowest BCUT2D eigenvalue weighted by atomic mass is 9.81. The van der Waals surface area contributed by atoms with Gasteiger partial charge in [0, 0.05) is 6.20 Å². The van der Waals surface area contributed by atoms with E-state index in [1.54, 1.807) is 6.20 Å². The van der Waals surface area contributed by atoms with Gasteiger partial charge in [-0.25, -0.2) is 0 Å². The Bertz CT molecular complexity index is 777. The van der Waals surface area contributed by atoms with Crippen LogP contribution in [0.5, 0.6) is 0 Å². The van der Waals surface area contributed by atoms with Crippen LogP contribution in [0.15, 0.2) is 41.1 Å². The monoisotopic (exact) mass is 387 g/mol. The van der Waals surface area contributed by atoms with Crippen molar-refractivity contribution in [2.24, 2.45) is 11.8 Å². The summed E-state index contributed by atoms with van der Waals surface area (Å²) < 4.78 is 2.74. The molecule has 2 fully saturated rings. The molecule has 1 saturated carbocycles. The van der Waals surface area contributed by atoms with Crippen LogP contribution in [0.3, 0.4) is 0 Å². The Hall–Kier alpha value is -1.95. The number of benzene rings is 1. The Morgan fingerprint density at radius 3 is 2.46 bits per heavy atom. The number of hydrogen-bond acceptors (Lipinski definition) is 3. The highest BCUT2D eigenvalue weighted by Gasteiger charge is 2.48. The average molecular weight is 388 g/mol. The molecule has 2 aromatic rings. The van der Waals surface area contributed by atoms with Crippen LogP contribution in [-0.4, -0.2) is 21.6 Å². The first-order valence-electron chi connectivity index (χ1n) is 8.28. The molecule has 1 aromatic heterocycles. The van der Waals surface area contributed by atoms with Gasteiger partial charge in [-0.15, -0.1) is 0 Å². The highest BCUT2D eigenvalue weighted by Crippen LogP contribution is 2.40. The number of rotatable bonds is 3. The predicted octanol–water partition coefficient (Wildman–Crippen LogP) is 3.37. The fourth-order valence-corrected chi connectivity index (χ4v) is 4.15. The molecule has 2 heterocycles. The summed E-state index contributed by atoms with van der Waals surface area (Å²) in [5, 5.41) is 4.25. The summed E-state index contributed by atoms with van der Waals surface area (Å²) in [6.45, 7) is 0.600. The van der Waals surface area contributed by atoms with E-state index in [-0.39, 0.29) is 23.7 Å². The van der Waals surface area contributed by atoms with E-state index in [4.69, 9.17) is 0 Å². The highest BCUT2D eigenvalue weighted by atomic mass is 79.9. The summed E-state index contributed by atoms with van der Waals surface area (Å²) in [5.41, 5.74) is 1.70. The molecule has 2 atom stereocenters. The molecule has 1 aromatic carbocycles. The topological polar surface area (TPSA) is 55.2 Å². The van der Waals surface area contributed by atoms with E-state index >= 15 is 0 Å². The molecule has 0 bridgehead atoms. The van der Waals surface area contributed by atoms with Crippen molar-refractivity contribution in [3.8, 4) is 0 Å². The Labute approximate surface area is 148 Å². The number of hydrogen-bond donors (Lipinski definition) is 0. The van der Waals surface area contributed by atoms with Crippen molar-refractivity contribution in [1.82, 2.24) is 9.78 Å². The van der Waals surface area contributed by atoms with E-state index in [9.17, 15) is 9.59 Å². The minimum atomic E-state index is -0.114. The van der Waals surface area contributed by atoms with E-state index in [0.29, 0.717) is 12.2 Å². The Kier molecular flexibility index (Phi) is 4.00. The van der Waals surface area contributed by atoms with Gasteiger partial charge < -0.3 is 0 Å². The van der Waals surface area contributed by atoms with Crippen molar-refractivity contribution < 1.29 is 9.59 Å². The number of carbonyl (C=O) groups is 2. The molecule has 24 heavy (non-hydrogen) atoms. The van der Waals surface area contributed by atoms with Gasteiger partial charge in [0.2, 0.25) is 11.8 Å². The molecule has 124 valence electrons. The zero-order chi connectivity index (χ0) is 16.7. The number of nitrogens with zero attached hydrogens (tertiary/aromatic N) is 3. The maximum Gasteiger partial charge on any atom is 0.237 e. The van der Waals surface area contributed by atoms with Crippen molar-refractivity contribution >= 4 is 33.4 Å². The summed E-state index contributed by atoms with van der Waals surface area (Å²) in [6, 6.07) is 7.64. The molecule has 0 unspecified atom stereocenters. The Morgan fingerprint density at radius 2 is 1.83 bits per heavy atom. The number of fused-ring (bicyclic) bond motifs is 1. The van der Waals surface area contributed by atoms with E-state index in [0.717, 1.165) is 35.7 Å². The third kappa shape index (κ3) is 2.69. The largest absolute Gasteiger partial charge is 0.274 e. The van der Waals surface area contributed by atoms with Crippen molar-refractivity contribution in [3.05, 3.63) is 46.7 Å². The number of imide groups is 1. The van der Waals surface area contributed by atoms with Crippen LogP contribution in [0.4, 0.5) is 5.69 Å². The first-order valence-corrected chi connectivity index (χ1v) is 9.07. The second-order valence-electron chi connectivity index (χ2n) is 6.54. The number of carbonyl (C=O) groups excluding carboxylic acids is 2. The minimum Gasteiger partial charge on any atom is -0.274 e. The maximum atomic E-state index is 12.7. The van der Waals surface area contributed by atoms with Crippen LogP contribution in [-0.2, 0) is 16.1 Å². The van der Waals surface area contributed by atoms with Gasteiger partial charge in [-0.3, -0.25) is 19.2 Å². The van der Waals surface area contributed by atoms with E-state index < -0.39 is 0 Å². The van der Waals surface area contributed by atoms with Gasteiger partial charge in [-0.2, -0.15) is 5.10 Å². The normalized spacial score (nSPS) is 23.6. The van der Waals surface area contributed by atoms with Crippen LogP contribution < -0.4 is 4.90 Å². The van der Waals surface area contributed by atoms with Gasteiger partial charge in [0.05, 0.1) is 34.7 Å². The SMILES string of the molecule is O=C1[C@H]2CCCC[C@@H]2C(=O)N1c1cccc(Cn2cc(Br)cn2)c1. The van der Waals surface area contributed by atoms with Gasteiger partial charge in [0.25, 0.3) is 0 Å². The lowest BCUT2D eigenvalue weighted by Gasteiger charge is -2.19. The fourth-order valence-electron chi connectivity index (χ4n) is 3.82. The average Bonchev–Trinajstić information content (AvgIpc) is 3.10. The minimum absolute atomic E-state index is 0.0244. The third-order valence-corrected chi connectivity index (χ3v) is 5.37. The fraction of sp³-hybridized carbons (Fsp3) is 0.389. The summed E-state index contributed by atoms with van der Waals surface area (Å²) in [4.78, 5) is 26.8. The first kappa shape index (κ1) is 15.6. The summed E-state index contributed by atoms with van der Waals surface area (Å²) >= 11 is 3.38. The van der Waals surface area contributed by atoms with Gasteiger partial charge in [0.1, 0.15) is 0 Å². The van der Waals surface area contributed by atoms with E-state index in [1.165, 1.54) is 4.90 Å². The first-order chi connectivity index (χ1) is 11.6. The van der Waals surface area contributed by atoms with Gasteiger partial charge in [0.15, 0.2) is 0 Å². The molecule has 1 aliphatic carbocycles. The molecular weight excluding hydrogens is 370 g/mol. The third-order valence-electron chi connectivity index (χ3n) is 4.96. The summed E-state index contributed by atoms with van der Waals surface area (Å²) in [5.74, 6) is -0.277. The summed E-state index contributed by atoms with van der Waals surface area (Å²) in [7, 11) is 0. The second kappa shape index (κ2) is 6.16. The Morgan fingerprint density at radius 1 is 1.12 bits per heavy atom. The standard InChI is InChI=1S/C18H18BrN3O2/c19-13-9-20-21(11-13)10-12-4-3-5-14(8-12)22-17(23)15-6-1-2-7-16(15)18(22)24/h3-5,8-9,11,15-16H,1-2,6-7,10H2/t15-,16-/m0/s1. The zero-order valence-corrected chi connectivity index (χ0v) is 14.8. The molecule has 0 spiro atoms. The van der Waals surface area contributed by atoms with Crippen LogP contribution in [0.25, 0.3) is 0 Å². The number of aromatic nitrogens is 2. The molecule has 0 N–H and O–H groups in total. The molecule has 1 saturated heterocycles. The van der Waals surface area contributed by atoms with E-state index in [1.807, 2.05) is 35.1 Å². The van der Waals surface area contributed by atoms with Gasteiger partial charge in [-0.1, -0.05) is 25.0 Å². The molecule has 5 nitrogen and oxygen atoms in total. The van der Waals surface area contributed by atoms with Crippen LogP contribution in [0, 0.1) is 11.8 Å². The van der Waals surface area contributed by atoms with Crippen molar-refractivity contribution in [1.29, 1.82) is 0 Å². The second-order valence-corrected chi connectivity index (χ2v) is 7.45. The molecule has 4 rings (SSSR count). The molecular formula is C18H18BrN3O2.